The van der Waals surface area contributed by atoms with Gasteiger partial charge in [0.2, 0.25) is 0 Å². The summed E-state index contributed by atoms with van der Waals surface area (Å²) in [5.41, 5.74) is 2.15. The van der Waals surface area contributed by atoms with Crippen LogP contribution >= 0.6 is 27.5 Å². The molecule has 0 bridgehead atoms. The van der Waals surface area contributed by atoms with Gasteiger partial charge in [0.05, 0.1) is 10.5 Å². The Morgan fingerprint density at radius 1 is 1.24 bits per heavy atom. The van der Waals surface area contributed by atoms with E-state index in [1.807, 2.05) is 12.3 Å². The Bertz CT molecular complexity index is 691. The van der Waals surface area contributed by atoms with E-state index in [1.165, 1.54) is 25.1 Å². The lowest BCUT2D eigenvalue weighted by molar-refractivity contribution is 0.231. The molecule has 1 aromatic heterocycles. The van der Waals surface area contributed by atoms with Gasteiger partial charge in [-0.05, 0) is 37.6 Å². The fourth-order valence-electron chi connectivity index (χ4n) is 3.65. The van der Waals surface area contributed by atoms with Gasteiger partial charge in [-0.1, -0.05) is 27.5 Å². The second kappa shape index (κ2) is 5.41. The van der Waals surface area contributed by atoms with E-state index in [1.54, 1.807) is 0 Å². The lowest BCUT2D eigenvalue weighted by atomic mass is 10.1. The second-order valence-electron chi connectivity index (χ2n) is 5.89. The fourth-order valence-corrected chi connectivity index (χ4v) is 4.51. The van der Waals surface area contributed by atoms with Gasteiger partial charge in [-0.25, -0.2) is 0 Å². The number of rotatable bonds is 1. The molecule has 0 spiro atoms. The van der Waals surface area contributed by atoms with E-state index in [0.717, 1.165) is 35.0 Å². The van der Waals surface area contributed by atoms with Crippen LogP contribution in [0.4, 0.5) is 5.69 Å². The van der Waals surface area contributed by atoms with E-state index in [2.05, 4.69) is 42.8 Å². The summed E-state index contributed by atoms with van der Waals surface area (Å²) >= 11 is 9.89. The average Bonchev–Trinajstić information content (AvgIpc) is 2.94. The van der Waals surface area contributed by atoms with E-state index in [-0.39, 0.29) is 0 Å². The molecule has 2 fully saturated rings. The van der Waals surface area contributed by atoms with Crippen molar-refractivity contribution in [2.75, 3.05) is 31.1 Å². The van der Waals surface area contributed by atoms with E-state index < -0.39 is 0 Å². The standard InChI is InChI=1S/C16H17BrClN3/c17-11-8-13-15(3-4-19-16(13)14(18)9-11)21-7-6-20-5-1-2-12(20)10-21/h3-4,8-9,12H,1-2,5-7,10H2. The highest BCUT2D eigenvalue weighted by Crippen LogP contribution is 2.34. The van der Waals surface area contributed by atoms with Crippen LogP contribution in [0.2, 0.25) is 5.02 Å². The van der Waals surface area contributed by atoms with Gasteiger partial charge in [0.15, 0.2) is 0 Å². The normalized spacial score (nSPS) is 22.8. The molecule has 3 nitrogen and oxygen atoms in total. The van der Waals surface area contributed by atoms with Crippen molar-refractivity contribution in [3.8, 4) is 0 Å². The quantitative estimate of drug-likeness (QED) is 0.762. The van der Waals surface area contributed by atoms with E-state index in [9.17, 15) is 0 Å². The lowest BCUT2D eigenvalue weighted by Gasteiger charge is -2.39. The Hall–Kier alpha value is -0.840. The first-order chi connectivity index (χ1) is 10.2. The minimum absolute atomic E-state index is 0.709. The molecule has 1 aromatic carbocycles. The topological polar surface area (TPSA) is 19.4 Å². The summed E-state index contributed by atoms with van der Waals surface area (Å²) in [6, 6.07) is 6.88. The van der Waals surface area contributed by atoms with Gasteiger partial charge in [-0.15, -0.1) is 0 Å². The van der Waals surface area contributed by atoms with Crippen molar-refractivity contribution in [1.82, 2.24) is 9.88 Å². The van der Waals surface area contributed by atoms with Crippen molar-refractivity contribution in [3.05, 3.63) is 33.9 Å². The number of hydrogen-bond donors (Lipinski definition) is 0. The molecule has 1 atom stereocenters. The number of benzene rings is 1. The number of piperazine rings is 1. The van der Waals surface area contributed by atoms with Gasteiger partial charge in [0.25, 0.3) is 0 Å². The molecule has 2 aliphatic heterocycles. The summed E-state index contributed by atoms with van der Waals surface area (Å²) in [6.45, 7) is 4.63. The highest BCUT2D eigenvalue weighted by atomic mass is 79.9. The number of aromatic nitrogens is 1. The van der Waals surface area contributed by atoms with Crippen molar-refractivity contribution in [3.63, 3.8) is 0 Å². The van der Waals surface area contributed by atoms with Crippen LogP contribution in [0.1, 0.15) is 12.8 Å². The van der Waals surface area contributed by atoms with Crippen LogP contribution in [-0.4, -0.2) is 42.1 Å². The fraction of sp³-hybridized carbons (Fsp3) is 0.438. The minimum Gasteiger partial charge on any atom is -0.368 e. The Balaban J connectivity index is 1.76. The second-order valence-corrected chi connectivity index (χ2v) is 7.21. The molecular formula is C16H17BrClN3. The molecule has 2 aromatic rings. The summed E-state index contributed by atoms with van der Waals surface area (Å²) in [7, 11) is 0. The predicted molar refractivity (Wildman–Crippen MR) is 91.3 cm³/mol. The van der Waals surface area contributed by atoms with Crippen LogP contribution in [0.25, 0.3) is 10.9 Å². The highest BCUT2D eigenvalue weighted by molar-refractivity contribution is 9.10. The molecule has 0 amide bonds. The van der Waals surface area contributed by atoms with Crippen molar-refractivity contribution in [2.45, 2.75) is 18.9 Å². The molecule has 110 valence electrons. The maximum Gasteiger partial charge on any atom is 0.0909 e. The molecule has 0 saturated carbocycles. The van der Waals surface area contributed by atoms with Gasteiger partial charge < -0.3 is 4.90 Å². The molecular weight excluding hydrogens is 350 g/mol. The van der Waals surface area contributed by atoms with Crippen LogP contribution in [0.15, 0.2) is 28.9 Å². The number of hydrogen-bond acceptors (Lipinski definition) is 3. The van der Waals surface area contributed by atoms with Gasteiger partial charge in [-0.2, -0.15) is 0 Å². The van der Waals surface area contributed by atoms with Gasteiger partial charge in [-0.3, -0.25) is 9.88 Å². The maximum atomic E-state index is 6.34. The number of nitrogens with zero attached hydrogens (tertiary/aromatic N) is 3. The zero-order chi connectivity index (χ0) is 14.4. The first kappa shape index (κ1) is 13.8. The molecule has 2 saturated heterocycles. The summed E-state index contributed by atoms with van der Waals surface area (Å²) < 4.78 is 1.01. The lowest BCUT2D eigenvalue weighted by Crippen LogP contribution is -2.50. The third-order valence-electron chi connectivity index (χ3n) is 4.67. The van der Waals surface area contributed by atoms with Crippen LogP contribution in [0.5, 0.6) is 0 Å². The zero-order valence-corrected chi connectivity index (χ0v) is 14.1. The predicted octanol–water partition coefficient (Wildman–Crippen LogP) is 3.94. The Morgan fingerprint density at radius 2 is 2.14 bits per heavy atom. The summed E-state index contributed by atoms with van der Waals surface area (Å²) in [6.07, 6.45) is 4.54. The van der Waals surface area contributed by atoms with Crippen LogP contribution in [-0.2, 0) is 0 Å². The van der Waals surface area contributed by atoms with E-state index >= 15 is 0 Å². The number of anilines is 1. The van der Waals surface area contributed by atoms with Crippen molar-refractivity contribution < 1.29 is 0 Å². The minimum atomic E-state index is 0.709. The van der Waals surface area contributed by atoms with Crippen molar-refractivity contribution in [1.29, 1.82) is 0 Å². The monoisotopic (exact) mass is 365 g/mol. The summed E-state index contributed by atoms with van der Waals surface area (Å²) in [5.74, 6) is 0. The van der Waals surface area contributed by atoms with E-state index in [0.29, 0.717) is 11.1 Å². The largest absolute Gasteiger partial charge is 0.368 e. The maximum absolute atomic E-state index is 6.34. The SMILES string of the molecule is Clc1cc(Br)cc2c(N3CCN4CCCC4C3)ccnc12. The zero-order valence-electron chi connectivity index (χ0n) is 11.7. The first-order valence-electron chi connectivity index (χ1n) is 7.45. The molecule has 0 aliphatic carbocycles. The molecule has 3 heterocycles. The number of fused-ring (bicyclic) bond motifs is 2. The summed E-state index contributed by atoms with van der Waals surface area (Å²) in [5, 5.41) is 1.85. The Labute approximate surface area is 138 Å². The molecule has 4 rings (SSSR count). The average molecular weight is 367 g/mol. The number of halogens is 2. The van der Waals surface area contributed by atoms with Crippen molar-refractivity contribution >= 4 is 44.1 Å². The van der Waals surface area contributed by atoms with E-state index in [4.69, 9.17) is 11.6 Å². The van der Waals surface area contributed by atoms with Crippen molar-refractivity contribution in [2.24, 2.45) is 0 Å². The molecule has 0 radical (unpaired) electrons. The molecule has 0 N–H and O–H groups in total. The third-order valence-corrected chi connectivity index (χ3v) is 5.41. The third kappa shape index (κ3) is 2.43. The van der Waals surface area contributed by atoms with Gasteiger partial charge in [0, 0.05) is 47.4 Å². The summed E-state index contributed by atoms with van der Waals surface area (Å²) in [4.78, 5) is 9.58. The van der Waals surface area contributed by atoms with Gasteiger partial charge in [0.1, 0.15) is 0 Å². The highest BCUT2D eigenvalue weighted by Gasteiger charge is 2.31. The van der Waals surface area contributed by atoms with Crippen LogP contribution in [0, 0.1) is 0 Å². The smallest absolute Gasteiger partial charge is 0.0909 e. The van der Waals surface area contributed by atoms with Crippen LogP contribution in [0.3, 0.4) is 0 Å². The Morgan fingerprint density at radius 3 is 3.05 bits per heavy atom. The molecule has 1 unspecified atom stereocenters. The Kier molecular flexibility index (Phi) is 3.56. The molecule has 21 heavy (non-hydrogen) atoms. The number of pyridine rings is 1. The molecule has 2 aliphatic rings. The molecule has 5 heteroatoms. The first-order valence-corrected chi connectivity index (χ1v) is 8.62. The van der Waals surface area contributed by atoms with Gasteiger partial charge >= 0.3 is 0 Å². The van der Waals surface area contributed by atoms with Crippen LogP contribution < -0.4 is 4.90 Å².